The van der Waals surface area contributed by atoms with Crippen LogP contribution in [0, 0.1) is 11.3 Å². The van der Waals surface area contributed by atoms with Crippen LogP contribution >= 0.6 is 0 Å². The number of nitrogens with two attached hydrogens (primary N) is 1. The van der Waals surface area contributed by atoms with E-state index in [1.165, 1.54) is 0 Å². The van der Waals surface area contributed by atoms with Gasteiger partial charge >= 0.3 is 6.09 Å². The van der Waals surface area contributed by atoms with Crippen LogP contribution in [0.15, 0.2) is 54.6 Å². The van der Waals surface area contributed by atoms with Gasteiger partial charge < -0.3 is 15.0 Å². The van der Waals surface area contributed by atoms with Crippen molar-refractivity contribution in [3.05, 3.63) is 77.1 Å². The molecule has 0 radical (unpaired) electrons. The predicted octanol–water partition coefficient (Wildman–Crippen LogP) is 4.17. The van der Waals surface area contributed by atoms with Crippen molar-refractivity contribution in [2.24, 2.45) is 0 Å². The van der Waals surface area contributed by atoms with Gasteiger partial charge in [0.05, 0.1) is 5.69 Å². The van der Waals surface area contributed by atoms with E-state index in [1.54, 1.807) is 12.1 Å². The first-order valence-corrected chi connectivity index (χ1v) is 9.17. The second-order valence-corrected chi connectivity index (χ2v) is 6.72. The third-order valence-corrected chi connectivity index (χ3v) is 4.95. The van der Waals surface area contributed by atoms with E-state index in [2.05, 4.69) is 11.4 Å². The molecule has 28 heavy (non-hydrogen) atoms. The van der Waals surface area contributed by atoms with Gasteiger partial charge in [-0.25, -0.2) is 4.79 Å². The lowest BCUT2D eigenvalue weighted by Crippen LogP contribution is -2.13. The first-order valence-electron chi connectivity index (χ1n) is 9.17. The Morgan fingerprint density at radius 2 is 1.89 bits per heavy atom. The Hall–Kier alpha value is -3.72. The number of nitriles is 1. The molecule has 1 aliphatic rings. The van der Waals surface area contributed by atoms with E-state index in [0.29, 0.717) is 17.1 Å². The maximum atomic E-state index is 12.0. The van der Waals surface area contributed by atoms with Gasteiger partial charge in [-0.15, -0.1) is 0 Å². The third kappa shape index (κ3) is 3.30. The average molecular weight is 372 g/mol. The van der Waals surface area contributed by atoms with Gasteiger partial charge in [-0.1, -0.05) is 30.3 Å². The van der Waals surface area contributed by atoms with Crippen LogP contribution in [0.3, 0.4) is 0 Å². The van der Waals surface area contributed by atoms with Crippen molar-refractivity contribution < 1.29 is 9.53 Å². The quantitative estimate of drug-likeness (QED) is 0.719. The van der Waals surface area contributed by atoms with Crippen molar-refractivity contribution >= 4 is 17.5 Å². The molecule has 6 heteroatoms. The number of fused-ring (bicyclic) bond motifs is 1. The molecule has 0 spiro atoms. The maximum Gasteiger partial charge on any atom is 0.411 e. The zero-order chi connectivity index (χ0) is 19.5. The number of nitrogens with one attached hydrogen (secondary N) is 1. The van der Waals surface area contributed by atoms with Crippen LogP contribution in [0.5, 0.6) is 0 Å². The number of amides is 1. The van der Waals surface area contributed by atoms with E-state index < -0.39 is 6.09 Å². The maximum absolute atomic E-state index is 12.0. The molecule has 0 unspecified atom stereocenters. The molecule has 0 bridgehead atoms. The summed E-state index contributed by atoms with van der Waals surface area (Å²) in [6.07, 6.45) is 2.36. The minimum absolute atomic E-state index is 0.213. The van der Waals surface area contributed by atoms with Crippen molar-refractivity contribution in [2.75, 3.05) is 11.1 Å². The second kappa shape index (κ2) is 7.49. The van der Waals surface area contributed by atoms with Crippen LogP contribution in [-0.2, 0) is 24.2 Å². The van der Waals surface area contributed by atoms with E-state index in [9.17, 15) is 10.1 Å². The summed E-state index contributed by atoms with van der Waals surface area (Å²) in [6, 6.07) is 19.0. The third-order valence-electron chi connectivity index (χ3n) is 4.95. The van der Waals surface area contributed by atoms with E-state index in [4.69, 9.17) is 10.5 Å². The fourth-order valence-electron chi connectivity index (χ4n) is 3.63. The zero-order valence-electron chi connectivity index (χ0n) is 15.3. The molecule has 0 atom stereocenters. The summed E-state index contributed by atoms with van der Waals surface area (Å²) in [5.74, 6) is 0. The standard InChI is InChI=1S/C22H20N4O2/c23-13-20-21(24)18-7-4-8-19(18)26(20)17-11-9-16(10-12-17)25-22(27)28-14-15-5-2-1-3-6-15/h1-3,5-6,9-12H,4,7-8,14,24H2,(H,25,27). The number of nitrogen functional groups attached to an aromatic ring is 1. The van der Waals surface area contributed by atoms with Gasteiger partial charge in [-0.3, -0.25) is 5.32 Å². The summed E-state index contributed by atoms with van der Waals surface area (Å²) in [5, 5.41) is 12.2. The average Bonchev–Trinajstić information content (AvgIpc) is 3.30. The molecule has 6 nitrogen and oxygen atoms in total. The Morgan fingerprint density at radius 1 is 1.14 bits per heavy atom. The fourth-order valence-corrected chi connectivity index (χ4v) is 3.63. The van der Waals surface area contributed by atoms with E-state index in [-0.39, 0.29) is 6.61 Å². The molecule has 2 aromatic carbocycles. The van der Waals surface area contributed by atoms with Crippen LogP contribution in [0.4, 0.5) is 16.2 Å². The number of rotatable bonds is 4. The Kier molecular flexibility index (Phi) is 4.73. The molecule has 0 aliphatic heterocycles. The zero-order valence-corrected chi connectivity index (χ0v) is 15.3. The normalized spacial score (nSPS) is 12.2. The molecule has 3 N–H and O–H groups in total. The number of nitrogens with zero attached hydrogens (tertiary/aromatic N) is 2. The first-order chi connectivity index (χ1) is 13.7. The number of hydrogen-bond donors (Lipinski definition) is 2. The second-order valence-electron chi connectivity index (χ2n) is 6.72. The van der Waals surface area contributed by atoms with Crippen molar-refractivity contribution in [1.82, 2.24) is 4.57 Å². The Labute approximate surface area is 163 Å². The van der Waals surface area contributed by atoms with Crippen LogP contribution in [-0.4, -0.2) is 10.7 Å². The molecule has 1 aliphatic carbocycles. The van der Waals surface area contributed by atoms with Gasteiger partial charge in [-0.05, 0) is 54.7 Å². The minimum atomic E-state index is -0.514. The molecule has 0 fully saturated rings. The molecule has 0 saturated carbocycles. The first kappa shape index (κ1) is 17.7. The van der Waals surface area contributed by atoms with Gasteiger partial charge in [0.1, 0.15) is 18.4 Å². The van der Waals surface area contributed by atoms with Crippen LogP contribution in [0.2, 0.25) is 0 Å². The number of carbonyl (C=O) groups is 1. The molecule has 140 valence electrons. The molecule has 1 aromatic heterocycles. The summed E-state index contributed by atoms with van der Waals surface area (Å²) < 4.78 is 7.16. The number of carbonyl (C=O) groups excluding carboxylic acids is 1. The lowest BCUT2D eigenvalue weighted by atomic mass is 10.2. The molecule has 0 saturated heterocycles. The Morgan fingerprint density at radius 3 is 2.61 bits per heavy atom. The number of anilines is 2. The van der Waals surface area contributed by atoms with Gasteiger partial charge in [0.25, 0.3) is 0 Å². The van der Waals surface area contributed by atoms with Gasteiger partial charge in [0, 0.05) is 17.1 Å². The number of hydrogen-bond acceptors (Lipinski definition) is 4. The van der Waals surface area contributed by atoms with Gasteiger partial charge in [0.15, 0.2) is 0 Å². The highest BCUT2D eigenvalue weighted by Gasteiger charge is 2.25. The molecular formula is C22H20N4O2. The van der Waals surface area contributed by atoms with Gasteiger partial charge in [0.2, 0.25) is 0 Å². The SMILES string of the molecule is N#Cc1c(N)c2c(n1-c1ccc(NC(=O)OCc3ccccc3)cc1)CCC2. The molecular weight excluding hydrogens is 352 g/mol. The lowest BCUT2D eigenvalue weighted by Gasteiger charge is -2.11. The predicted molar refractivity (Wildman–Crippen MR) is 107 cm³/mol. The molecule has 1 amide bonds. The number of aromatic nitrogens is 1. The molecule has 4 rings (SSSR count). The van der Waals surface area contributed by atoms with Crippen molar-refractivity contribution in [1.29, 1.82) is 5.26 Å². The van der Waals surface area contributed by atoms with Crippen molar-refractivity contribution in [3.63, 3.8) is 0 Å². The Balaban J connectivity index is 1.47. The topological polar surface area (TPSA) is 93.1 Å². The lowest BCUT2D eigenvalue weighted by molar-refractivity contribution is 0.155. The highest BCUT2D eigenvalue weighted by atomic mass is 16.5. The molecule has 3 aromatic rings. The van der Waals surface area contributed by atoms with Crippen LogP contribution < -0.4 is 11.1 Å². The summed E-state index contributed by atoms with van der Waals surface area (Å²) in [5.41, 5.74) is 11.8. The summed E-state index contributed by atoms with van der Waals surface area (Å²) in [4.78, 5) is 12.0. The highest BCUT2D eigenvalue weighted by molar-refractivity contribution is 5.84. The monoisotopic (exact) mass is 372 g/mol. The van der Waals surface area contributed by atoms with E-state index >= 15 is 0 Å². The summed E-state index contributed by atoms with van der Waals surface area (Å²) in [6.45, 7) is 0.213. The fraction of sp³-hybridized carbons (Fsp3) is 0.182. The van der Waals surface area contributed by atoms with Crippen LogP contribution in [0.25, 0.3) is 5.69 Å². The van der Waals surface area contributed by atoms with E-state index in [0.717, 1.165) is 41.8 Å². The van der Waals surface area contributed by atoms with Crippen molar-refractivity contribution in [2.45, 2.75) is 25.9 Å². The van der Waals surface area contributed by atoms with Gasteiger partial charge in [-0.2, -0.15) is 5.26 Å². The summed E-state index contributed by atoms with van der Waals surface area (Å²) >= 11 is 0. The minimum Gasteiger partial charge on any atom is -0.444 e. The summed E-state index contributed by atoms with van der Waals surface area (Å²) in [7, 11) is 0. The largest absolute Gasteiger partial charge is 0.444 e. The molecule has 1 heterocycles. The smallest absolute Gasteiger partial charge is 0.411 e. The Bertz CT molecular complexity index is 1050. The van der Waals surface area contributed by atoms with Crippen LogP contribution in [0.1, 0.15) is 28.9 Å². The highest BCUT2D eigenvalue weighted by Crippen LogP contribution is 2.35. The number of benzene rings is 2. The van der Waals surface area contributed by atoms with E-state index in [1.807, 2.05) is 47.0 Å². The van der Waals surface area contributed by atoms with Crippen molar-refractivity contribution in [3.8, 4) is 11.8 Å². The number of ether oxygens (including phenoxy) is 1.